The first-order chi connectivity index (χ1) is 12.6. The molecule has 2 aromatic heterocycles. The van der Waals surface area contributed by atoms with Crippen LogP contribution in [0.4, 0.5) is 0 Å². The quantitative estimate of drug-likeness (QED) is 0.792. The van der Waals surface area contributed by atoms with Crippen LogP contribution in [0.3, 0.4) is 0 Å². The van der Waals surface area contributed by atoms with Gasteiger partial charge in [0, 0.05) is 38.2 Å². The molecule has 1 saturated heterocycles. The van der Waals surface area contributed by atoms with Crippen molar-refractivity contribution in [2.75, 3.05) is 13.6 Å². The summed E-state index contributed by atoms with van der Waals surface area (Å²) in [7, 11) is 1.75. The molecule has 136 valence electrons. The van der Waals surface area contributed by atoms with Crippen molar-refractivity contribution in [2.24, 2.45) is 5.92 Å². The van der Waals surface area contributed by atoms with Gasteiger partial charge in [0.2, 0.25) is 11.8 Å². The Hall–Kier alpha value is -2.70. The fourth-order valence-electron chi connectivity index (χ4n) is 3.37. The third kappa shape index (κ3) is 3.61. The fourth-order valence-corrected chi connectivity index (χ4v) is 3.37. The van der Waals surface area contributed by atoms with Crippen LogP contribution in [0.5, 0.6) is 0 Å². The summed E-state index contributed by atoms with van der Waals surface area (Å²) in [6, 6.07) is 7.56. The highest BCUT2D eigenvalue weighted by Gasteiger charge is 2.36. The van der Waals surface area contributed by atoms with Crippen molar-refractivity contribution in [3.63, 3.8) is 0 Å². The molecular weight excluding hydrogens is 332 g/mol. The van der Waals surface area contributed by atoms with E-state index in [1.165, 1.54) is 0 Å². The second-order valence-electron chi connectivity index (χ2n) is 7.19. The van der Waals surface area contributed by atoms with Gasteiger partial charge in [0.05, 0.1) is 24.7 Å². The lowest BCUT2D eigenvalue weighted by Gasteiger charge is -2.20. The number of pyridine rings is 1. The number of carbonyl (C=O) groups excluding carboxylic acids is 2. The minimum absolute atomic E-state index is 0.000131. The van der Waals surface area contributed by atoms with Crippen molar-refractivity contribution in [3.8, 4) is 0 Å². The Morgan fingerprint density at radius 2 is 2.19 bits per heavy atom. The third-order valence-electron chi connectivity index (χ3n) is 4.98. The summed E-state index contributed by atoms with van der Waals surface area (Å²) in [6.45, 7) is 1.28. The van der Waals surface area contributed by atoms with Gasteiger partial charge in [-0.1, -0.05) is 11.2 Å². The van der Waals surface area contributed by atoms with E-state index in [2.05, 4.69) is 10.1 Å². The lowest BCUT2D eigenvalue weighted by atomic mass is 10.1. The summed E-state index contributed by atoms with van der Waals surface area (Å²) in [5.41, 5.74) is 1.59. The number of hydrogen-bond donors (Lipinski definition) is 0. The Balaban J connectivity index is 1.34. The second-order valence-corrected chi connectivity index (χ2v) is 7.19. The molecule has 2 aliphatic rings. The Bertz CT molecular complexity index is 800. The molecule has 26 heavy (non-hydrogen) atoms. The van der Waals surface area contributed by atoms with E-state index < -0.39 is 0 Å². The van der Waals surface area contributed by atoms with Gasteiger partial charge < -0.3 is 14.3 Å². The normalized spacial score (nSPS) is 19.8. The van der Waals surface area contributed by atoms with Crippen LogP contribution in [0.2, 0.25) is 0 Å². The number of carbonyl (C=O) groups is 2. The fraction of sp³-hybridized carbons (Fsp3) is 0.474. The van der Waals surface area contributed by atoms with Crippen molar-refractivity contribution >= 4 is 11.8 Å². The zero-order valence-electron chi connectivity index (χ0n) is 14.8. The van der Waals surface area contributed by atoms with E-state index >= 15 is 0 Å². The van der Waals surface area contributed by atoms with Gasteiger partial charge in [-0.3, -0.25) is 14.6 Å². The average Bonchev–Trinajstić information content (AvgIpc) is 3.29. The molecule has 0 unspecified atom stereocenters. The minimum Gasteiger partial charge on any atom is -0.361 e. The van der Waals surface area contributed by atoms with E-state index in [0.717, 1.165) is 30.0 Å². The van der Waals surface area contributed by atoms with Crippen LogP contribution in [0.25, 0.3) is 0 Å². The minimum atomic E-state index is -0.314. The maximum absolute atomic E-state index is 12.7. The highest BCUT2D eigenvalue weighted by Crippen LogP contribution is 2.40. The summed E-state index contributed by atoms with van der Waals surface area (Å²) in [5.74, 6) is 1.08. The molecule has 4 rings (SSSR count). The summed E-state index contributed by atoms with van der Waals surface area (Å²) < 4.78 is 5.34. The lowest BCUT2D eigenvalue weighted by molar-refractivity contribution is -0.135. The maximum atomic E-state index is 12.7. The van der Waals surface area contributed by atoms with Crippen molar-refractivity contribution in [1.29, 1.82) is 0 Å². The molecule has 3 heterocycles. The number of nitrogens with zero attached hydrogens (tertiary/aromatic N) is 4. The number of amides is 2. The van der Waals surface area contributed by atoms with Crippen LogP contribution in [-0.2, 0) is 22.7 Å². The second kappa shape index (κ2) is 6.90. The molecule has 2 fully saturated rings. The zero-order valence-corrected chi connectivity index (χ0v) is 14.8. The first-order valence-electron chi connectivity index (χ1n) is 8.98. The van der Waals surface area contributed by atoms with Crippen molar-refractivity contribution in [3.05, 3.63) is 47.6 Å². The molecule has 1 atom stereocenters. The summed E-state index contributed by atoms with van der Waals surface area (Å²) >= 11 is 0. The smallest absolute Gasteiger partial charge is 0.228 e. The van der Waals surface area contributed by atoms with E-state index in [-0.39, 0.29) is 24.2 Å². The van der Waals surface area contributed by atoms with E-state index in [0.29, 0.717) is 25.6 Å². The molecule has 2 aromatic rings. The van der Waals surface area contributed by atoms with Crippen LogP contribution in [0.1, 0.15) is 42.3 Å². The largest absolute Gasteiger partial charge is 0.361 e. The molecule has 0 spiro atoms. The molecule has 0 aromatic carbocycles. The lowest BCUT2D eigenvalue weighted by Crippen LogP contribution is -2.34. The standard InChI is InChI=1S/C19H22N4O3/c1-22(11-16-9-17(26-21-16)13-5-6-13)19(25)14-8-18(24)23(10-14)12-15-4-2-3-7-20-15/h2-4,7,9,13-14H,5-6,8,10-12H2,1H3/t14-/m0/s1. The predicted octanol–water partition coefficient (Wildman–Crippen LogP) is 1.95. The Morgan fingerprint density at radius 3 is 2.92 bits per heavy atom. The van der Waals surface area contributed by atoms with Gasteiger partial charge in [0.1, 0.15) is 11.5 Å². The summed E-state index contributed by atoms with van der Waals surface area (Å²) in [4.78, 5) is 32.6. The molecule has 0 bridgehead atoms. The number of rotatable bonds is 6. The van der Waals surface area contributed by atoms with Gasteiger partial charge in [-0.15, -0.1) is 0 Å². The Kier molecular flexibility index (Phi) is 4.44. The zero-order chi connectivity index (χ0) is 18.1. The predicted molar refractivity (Wildman–Crippen MR) is 92.7 cm³/mol. The molecule has 0 N–H and O–H groups in total. The van der Waals surface area contributed by atoms with Crippen LogP contribution in [0, 0.1) is 5.92 Å². The SMILES string of the molecule is CN(Cc1cc(C2CC2)on1)C(=O)[C@H]1CC(=O)N(Cc2ccccn2)C1. The molecule has 1 aliphatic carbocycles. The summed E-state index contributed by atoms with van der Waals surface area (Å²) in [5, 5.41) is 4.06. The monoisotopic (exact) mass is 354 g/mol. The number of hydrogen-bond acceptors (Lipinski definition) is 5. The number of aromatic nitrogens is 2. The van der Waals surface area contributed by atoms with Gasteiger partial charge in [0.25, 0.3) is 0 Å². The maximum Gasteiger partial charge on any atom is 0.228 e. The van der Waals surface area contributed by atoms with Crippen LogP contribution >= 0.6 is 0 Å². The van der Waals surface area contributed by atoms with E-state index in [4.69, 9.17) is 4.52 Å². The Labute approximate surface area is 152 Å². The first kappa shape index (κ1) is 16.8. The molecule has 7 heteroatoms. The van der Waals surface area contributed by atoms with Crippen molar-refractivity contribution < 1.29 is 14.1 Å². The molecule has 1 saturated carbocycles. The molecule has 7 nitrogen and oxygen atoms in total. The third-order valence-corrected chi connectivity index (χ3v) is 4.98. The van der Waals surface area contributed by atoms with Crippen molar-refractivity contribution in [2.45, 2.75) is 38.3 Å². The van der Waals surface area contributed by atoms with E-state index in [1.807, 2.05) is 24.3 Å². The van der Waals surface area contributed by atoms with Crippen LogP contribution in [-0.4, -0.2) is 45.3 Å². The molecular formula is C19H22N4O3. The van der Waals surface area contributed by atoms with E-state index in [9.17, 15) is 9.59 Å². The molecule has 2 amide bonds. The van der Waals surface area contributed by atoms with Crippen LogP contribution in [0.15, 0.2) is 35.0 Å². The number of likely N-dealkylation sites (tertiary alicyclic amines) is 1. The van der Waals surface area contributed by atoms with Crippen LogP contribution < -0.4 is 0 Å². The Morgan fingerprint density at radius 1 is 1.35 bits per heavy atom. The summed E-state index contributed by atoms with van der Waals surface area (Å²) in [6.07, 6.45) is 4.27. The van der Waals surface area contributed by atoms with Gasteiger partial charge in [-0.25, -0.2) is 0 Å². The molecule has 0 radical (unpaired) electrons. The van der Waals surface area contributed by atoms with Gasteiger partial charge >= 0.3 is 0 Å². The highest BCUT2D eigenvalue weighted by molar-refractivity contribution is 5.89. The van der Waals surface area contributed by atoms with Crippen molar-refractivity contribution in [1.82, 2.24) is 19.9 Å². The van der Waals surface area contributed by atoms with E-state index in [1.54, 1.807) is 23.0 Å². The first-order valence-corrected chi connectivity index (χ1v) is 8.98. The topological polar surface area (TPSA) is 79.5 Å². The average molecular weight is 354 g/mol. The molecule has 1 aliphatic heterocycles. The van der Waals surface area contributed by atoms with Gasteiger partial charge in [-0.2, -0.15) is 0 Å². The van der Waals surface area contributed by atoms with Gasteiger partial charge in [-0.05, 0) is 25.0 Å². The highest BCUT2D eigenvalue weighted by atomic mass is 16.5. The van der Waals surface area contributed by atoms with Gasteiger partial charge in [0.15, 0.2) is 0 Å².